The summed E-state index contributed by atoms with van der Waals surface area (Å²) in [6.07, 6.45) is 1.36. The third-order valence-corrected chi connectivity index (χ3v) is 3.52. The van der Waals surface area contributed by atoms with Crippen LogP contribution in [0.2, 0.25) is 0 Å². The fourth-order valence-corrected chi connectivity index (χ4v) is 2.23. The van der Waals surface area contributed by atoms with Crippen LogP contribution in [0.15, 0.2) is 35.4 Å². The molecule has 2 aromatic rings. The number of aromatic nitrogens is 3. The average Bonchev–Trinajstić information content (AvgIpc) is 2.77. The van der Waals surface area contributed by atoms with Gasteiger partial charge in [0.15, 0.2) is 0 Å². The molecule has 0 N–H and O–H groups in total. The van der Waals surface area contributed by atoms with Crippen LogP contribution >= 0.6 is 0 Å². The fourth-order valence-electron chi connectivity index (χ4n) is 1.33. The Kier molecular flexibility index (Phi) is 3.52. The molecule has 0 spiro atoms. The van der Waals surface area contributed by atoms with Gasteiger partial charge in [0, 0.05) is 6.04 Å². The van der Waals surface area contributed by atoms with Gasteiger partial charge in [-0.1, -0.05) is 16.4 Å². The molecule has 1 heterocycles. The summed E-state index contributed by atoms with van der Waals surface area (Å²) in [6.45, 7) is 3.72. The molecule has 0 aliphatic rings. The molecule has 19 heavy (non-hydrogen) atoms. The van der Waals surface area contributed by atoms with E-state index in [-0.39, 0.29) is 16.8 Å². The van der Waals surface area contributed by atoms with Gasteiger partial charge in [0.1, 0.15) is 10.7 Å². The molecule has 102 valence electrons. The van der Waals surface area contributed by atoms with Crippen LogP contribution in [0.4, 0.5) is 4.39 Å². The summed E-state index contributed by atoms with van der Waals surface area (Å²) in [5.41, 5.74) is 0. The summed E-state index contributed by atoms with van der Waals surface area (Å²) < 4.78 is 43.0. The van der Waals surface area contributed by atoms with Crippen molar-refractivity contribution < 1.29 is 17.0 Å². The van der Waals surface area contributed by atoms with E-state index < -0.39 is 15.9 Å². The van der Waals surface area contributed by atoms with Crippen LogP contribution in [0.3, 0.4) is 0 Å². The van der Waals surface area contributed by atoms with Crippen LogP contribution in [0, 0.1) is 5.82 Å². The van der Waals surface area contributed by atoms with Gasteiger partial charge in [-0.3, -0.25) is 0 Å². The first-order valence-electron chi connectivity index (χ1n) is 5.50. The molecular weight excluding hydrogens is 273 g/mol. The zero-order valence-corrected chi connectivity index (χ0v) is 11.1. The number of hydrogen-bond donors (Lipinski definition) is 0. The van der Waals surface area contributed by atoms with Gasteiger partial charge in [-0.25, -0.2) is 9.07 Å². The Morgan fingerprint density at radius 2 is 2.11 bits per heavy atom. The lowest BCUT2D eigenvalue weighted by Gasteiger charge is -2.04. The van der Waals surface area contributed by atoms with Crippen molar-refractivity contribution in [1.82, 2.24) is 15.0 Å². The van der Waals surface area contributed by atoms with Crippen LogP contribution in [-0.2, 0) is 10.1 Å². The number of hydrogen-bond acceptors (Lipinski definition) is 5. The average molecular weight is 285 g/mol. The minimum atomic E-state index is -4.10. The molecule has 0 amide bonds. The molecule has 0 saturated carbocycles. The molecule has 1 aromatic carbocycles. The quantitative estimate of drug-likeness (QED) is 0.800. The standard InChI is InChI=1S/C11H12FN3O3S/c1-8(2)15-7-11(13-14-15)18-19(16,17)10-5-3-4-9(12)6-10/h3-8H,1-2H3. The van der Waals surface area contributed by atoms with E-state index in [2.05, 4.69) is 10.3 Å². The number of rotatable bonds is 4. The number of benzene rings is 1. The molecule has 0 saturated heterocycles. The first-order chi connectivity index (χ1) is 8.88. The van der Waals surface area contributed by atoms with Crippen molar-refractivity contribution in [3.05, 3.63) is 36.3 Å². The molecule has 1 aromatic heterocycles. The van der Waals surface area contributed by atoms with E-state index in [1.165, 1.54) is 23.0 Å². The topological polar surface area (TPSA) is 74.1 Å². The van der Waals surface area contributed by atoms with Gasteiger partial charge >= 0.3 is 10.1 Å². The number of nitrogens with zero attached hydrogens (tertiary/aromatic N) is 3. The minimum absolute atomic E-state index is 0.0294. The molecule has 0 aliphatic heterocycles. The maximum atomic E-state index is 13.0. The van der Waals surface area contributed by atoms with Crippen molar-refractivity contribution in [2.45, 2.75) is 24.8 Å². The third kappa shape index (κ3) is 3.08. The van der Waals surface area contributed by atoms with Crippen LogP contribution in [0.5, 0.6) is 5.88 Å². The van der Waals surface area contributed by atoms with Crippen molar-refractivity contribution in [1.29, 1.82) is 0 Å². The lowest BCUT2D eigenvalue weighted by atomic mass is 10.4. The molecular formula is C11H12FN3O3S. The Labute approximate surface area is 109 Å². The summed E-state index contributed by atoms with van der Waals surface area (Å²) in [4.78, 5) is -0.272. The first kappa shape index (κ1) is 13.5. The van der Waals surface area contributed by atoms with Crippen molar-refractivity contribution in [3.8, 4) is 5.88 Å². The minimum Gasteiger partial charge on any atom is -0.355 e. The van der Waals surface area contributed by atoms with Gasteiger partial charge in [-0.05, 0) is 32.0 Å². The largest absolute Gasteiger partial charge is 0.355 e. The van der Waals surface area contributed by atoms with Gasteiger partial charge < -0.3 is 4.18 Å². The zero-order chi connectivity index (χ0) is 14.0. The first-order valence-corrected chi connectivity index (χ1v) is 6.91. The van der Waals surface area contributed by atoms with E-state index in [0.717, 1.165) is 12.1 Å². The van der Waals surface area contributed by atoms with Crippen molar-refractivity contribution in [2.24, 2.45) is 0 Å². The van der Waals surface area contributed by atoms with Gasteiger partial charge in [-0.15, -0.1) is 0 Å². The van der Waals surface area contributed by atoms with Gasteiger partial charge in [0.25, 0.3) is 5.88 Å². The summed E-state index contributed by atoms with van der Waals surface area (Å²) in [6, 6.07) is 4.58. The number of halogens is 1. The SMILES string of the molecule is CC(C)n1cc(OS(=O)(=O)c2cccc(F)c2)nn1. The molecule has 0 unspecified atom stereocenters. The fraction of sp³-hybridized carbons (Fsp3) is 0.273. The summed E-state index contributed by atoms with van der Waals surface area (Å²) >= 11 is 0. The van der Waals surface area contributed by atoms with E-state index in [9.17, 15) is 12.8 Å². The van der Waals surface area contributed by atoms with Crippen LogP contribution in [0.25, 0.3) is 0 Å². The molecule has 8 heteroatoms. The zero-order valence-electron chi connectivity index (χ0n) is 10.3. The van der Waals surface area contributed by atoms with Crippen LogP contribution in [0.1, 0.15) is 19.9 Å². The maximum Gasteiger partial charge on any atom is 0.340 e. The highest BCUT2D eigenvalue weighted by Crippen LogP contribution is 2.17. The van der Waals surface area contributed by atoms with Gasteiger partial charge in [-0.2, -0.15) is 8.42 Å². The summed E-state index contributed by atoms with van der Waals surface area (Å²) in [5, 5.41) is 7.30. The van der Waals surface area contributed by atoms with Crippen LogP contribution in [-0.4, -0.2) is 23.4 Å². The summed E-state index contributed by atoms with van der Waals surface area (Å²) in [5.74, 6) is -0.812. The van der Waals surface area contributed by atoms with E-state index in [1.54, 1.807) is 0 Å². The molecule has 2 rings (SSSR count). The van der Waals surface area contributed by atoms with Gasteiger partial charge in [0.05, 0.1) is 6.20 Å². The predicted molar refractivity (Wildman–Crippen MR) is 64.6 cm³/mol. The Hall–Kier alpha value is -1.96. The Morgan fingerprint density at radius 3 is 2.68 bits per heavy atom. The smallest absolute Gasteiger partial charge is 0.340 e. The lowest BCUT2D eigenvalue weighted by Crippen LogP contribution is -2.10. The van der Waals surface area contributed by atoms with Crippen molar-refractivity contribution in [3.63, 3.8) is 0 Å². The molecule has 0 radical (unpaired) electrons. The van der Waals surface area contributed by atoms with E-state index in [1.807, 2.05) is 13.8 Å². The molecule has 0 fully saturated rings. The Bertz CT molecular complexity index is 682. The second-order valence-electron chi connectivity index (χ2n) is 4.13. The molecule has 0 bridgehead atoms. The second kappa shape index (κ2) is 4.96. The highest BCUT2D eigenvalue weighted by Gasteiger charge is 2.19. The predicted octanol–water partition coefficient (Wildman–Crippen LogP) is 1.77. The van der Waals surface area contributed by atoms with E-state index >= 15 is 0 Å². The highest BCUT2D eigenvalue weighted by molar-refractivity contribution is 7.87. The Morgan fingerprint density at radius 1 is 1.37 bits per heavy atom. The van der Waals surface area contributed by atoms with Crippen molar-refractivity contribution >= 4 is 10.1 Å². The molecule has 0 aliphatic carbocycles. The Balaban J connectivity index is 2.26. The monoisotopic (exact) mass is 285 g/mol. The molecule has 6 nitrogen and oxygen atoms in total. The van der Waals surface area contributed by atoms with Crippen molar-refractivity contribution in [2.75, 3.05) is 0 Å². The maximum absolute atomic E-state index is 13.0. The summed E-state index contributed by atoms with van der Waals surface area (Å²) in [7, 11) is -4.10. The van der Waals surface area contributed by atoms with E-state index in [0.29, 0.717) is 0 Å². The lowest BCUT2D eigenvalue weighted by molar-refractivity contribution is 0.474. The van der Waals surface area contributed by atoms with Crippen LogP contribution < -0.4 is 4.18 Å². The highest BCUT2D eigenvalue weighted by atomic mass is 32.2. The van der Waals surface area contributed by atoms with E-state index in [4.69, 9.17) is 4.18 Å². The second-order valence-corrected chi connectivity index (χ2v) is 5.67. The van der Waals surface area contributed by atoms with Gasteiger partial charge in [0.2, 0.25) is 0 Å². The third-order valence-electron chi connectivity index (χ3n) is 2.30. The normalized spacial score (nSPS) is 11.8. The molecule has 0 atom stereocenters.